The molecule has 1 aliphatic rings. The number of halogens is 1. The van der Waals surface area contributed by atoms with E-state index in [0.29, 0.717) is 5.56 Å². The lowest BCUT2D eigenvalue weighted by molar-refractivity contribution is -0.384. The number of carbonyl (C=O) groups excluding carboxylic acids is 2. The molecule has 7 nitrogen and oxygen atoms in total. The highest BCUT2D eigenvalue weighted by molar-refractivity contribution is 6.52. The van der Waals surface area contributed by atoms with E-state index in [1.54, 1.807) is 0 Å². The number of anilines is 1. The van der Waals surface area contributed by atoms with Gasteiger partial charge in [-0.1, -0.05) is 12.1 Å². The molecule has 1 N–H and O–H groups in total. The molecule has 2 aromatic rings. The van der Waals surface area contributed by atoms with E-state index in [9.17, 15) is 29.2 Å². The number of carbonyl (C=O) groups is 2. The van der Waals surface area contributed by atoms with Gasteiger partial charge in [-0.3, -0.25) is 19.7 Å². The largest absolute Gasteiger partial charge is 0.387 e. The second-order valence-electron chi connectivity index (χ2n) is 5.27. The molecular formula is C16H11FN2O5. The van der Waals surface area contributed by atoms with Crippen LogP contribution < -0.4 is 4.90 Å². The molecule has 1 heterocycles. The fourth-order valence-corrected chi connectivity index (χ4v) is 2.55. The number of hydrogen-bond donors (Lipinski definition) is 1. The summed E-state index contributed by atoms with van der Waals surface area (Å²) < 4.78 is 12.9. The van der Waals surface area contributed by atoms with Crippen molar-refractivity contribution < 1.29 is 24.0 Å². The molecule has 1 aliphatic heterocycles. The Morgan fingerprint density at radius 3 is 2.46 bits per heavy atom. The number of amides is 1. The Hall–Kier alpha value is -3.13. The molecule has 1 amide bonds. The molecule has 24 heavy (non-hydrogen) atoms. The highest BCUT2D eigenvalue weighted by Crippen LogP contribution is 2.33. The summed E-state index contributed by atoms with van der Waals surface area (Å²) in [5.74, 6) is -2.19. The highest BCUT2D eigenvalue weighted by atomic mass is 19.1. The lowest BCUT2D eigenvalue weighted by Gasteiger charge is -2.20. The number of nitro groups is 1. The molecule has 1 atom stereocenters. The summed E-state index contributed by atoms with van der Waals surface area (Å²) in [5, 5.41) is 21.0. The van der Waals surface area contributed by atoms with Crippen molar-refractivity contribution in [2.45, 2.75) is 6.10 Å². The summed E-state index contributed by atoms with van der Waals surface area (Å²) in [7, 11) is 0. The van der Waals surface area contributed by atoms with E-state index in [4.69, 9.17) is 0 Å². The van der Waals surface area contributed by atoms with Crippen molar-refractivity contribution >= 4 is 23.1 Å². The third-order valence-corrected chi connectivity index (χ3v) is 3.78. The molecule has 122 valence electrons. The number of aliphatic hydroxyl groups excluding tert-OH is 1. The van der Waals surface area contributed by atoms with Gasteiger partial charge in [0.05, 0.1) is 28.8 Å². The maximum Gasteiger partial charge on any atom is 0.299 e. The monoisotopic (exact) mass is 330 g/mol. The average molecular weight is 330 g/mol. The minimum Gasteiger partial charge on any atom is -0.387 e. The molecule has 0 radical (unpaired) electrons. The lowest BCUT2D eigenvalue weighted by Crippen LogP contribution is -2.33. The number of Topliss-reactive ketones (excluding diaryl/α,β-unsaturated/α-hetero) is 1. The fourth-order valence-electron chi connectivity index (χ4n) is 2.55. The van der Waals surface area contributed by atoms with Crippen LogP contribution in [0.25, 0.3) is 0 Å². The normalized spacial score (nSPS) is 14.7. The Bertz CT molecular complexity index is 850. The Labute approximate surface area is 135 Å². The third-order valence-electron chi connectivity index (χ3n) is 3.78. The molecule has 8 heteroatoms. The molecule has 0 unspecified atom stereocenters. The van der Waals surface area contributed by atoms with Gasteiger partial charge in [0, 0.05) is 12.1 Å². The number of fused-ring (bicyclic) bond motifs is 1. The lowest BCUT2D eigenvalue weighted by atomic mass is 10.1. The van der Waals surface area contributed by atoms with Crippen LogP contribution >= 0.6 is 0 Å². The van der Waals surface area contributed by atoms with E-state index >= 15 is 0 Å². The van der Waals surface area contributed by atoms with Crippen LogP contribution in [0.5, 0.6) is 0 Å². The molecule has 0 aliphatic carbocycles. The second-order valence-corrected chi connectivity index (χ2v) is 5.27. The molecule has 0 bridgehead atoms. The SMILES string of the molecule is O=C1C(=O)N(C[C@H](O)c2ccc(F)cc2)c2ccc([N+](=O)[O-])cc21. The van der Waals surface area contributed by atoms with Gasteiger partial charge in [-0.15, -0.1) is 0 Å². The second kappa shape index (κ2) is 5.82. The number of rotatable bonds is 4. The van der Waals surface area contributed by atoms with Gasteiger partial charge in [0.1, 0.15) is 5.82 Å². The topological polar surface area (TPSA) is 101 Å². The van der Waals surface area contributed by atoms with Gasteiger partial charge < -0.3 is 10.0 Å². The van der Waals surface area contributed by atoms with Gasteiger partial charge in [0.25, 0.3) is 17.4 Å². The van der Waals surface area contributed by atoms with E-state index in [-0.39, 0.29) is 23.5 Å². The molecule has 0 aromatic heterocycles. The van der Waals surface area contributed by atoms with Gasteiger partial charge in [-0.05, 0) is 23.8 Å². The number of ketones is 1. The summed E-state index contributed by atoms with van der Waals surface area (Å²) in [6.07, 6.45) is -1.14. The fraction of sp³-hybridized carbons (Fsp3) is 0.125. The van der Waals surface area contributed by atoms with Gasteiger partial charge in [-0.2, -0.15) is 0 Å². The maximum atomic E-state index is 12.9. The Balaban J connectivity index is 1.90. The van der Waals surface area contributed by atoms with Gasteiger partial charge in [0.15, 0.2) is 0 Å². The maximum absolute atomic E-state index is 12.9. The number of β-amino-alcohol motifs (C(OH)–C–C–N with tert-alkyl or cyclic N) is 1. The van der Waals surface area contributed by atoms with E-state index in [1.165, 1.54) is 36.4 Å². The van der Waals surface area contributed by atoms with Crippen molar-refractivity contribution in [2.75, 3.05) is 11.4 Å². The van der Waals surface area contributed by atoms with Gasteiger partial charge in [-0.25, -0.2) is 4.39 Å². The molecule has 0 saturated heterocycles. The van der Waals surface area contributed by atoms with Crippen molar-refractivity contribution in [1.82, 2.24) is 0 Å². The first-order valence-electron chi connectivity index (χ1n) is 6.96. The van der Waals surface area contributed by atoms with Crippen LogP contribution in [-0.4, -0.2) is 28.3 Å². The Morgan fingerprint density at radius 2 is 1.83 bits per heavy atom. The predicted octanol–water partition coefficient (Wildman–Crippen LogP) is 2.00. The number of nitro benzene ring substituents is 1. The van der Waals surface area contributed by atoms with Crippen LogP contribution in [0.4, 0.5) is 15.8 Å². The van der Waals surface area contributed by atoms with Crippen LogP contribution in [0.2, 0.25) is 0 Å². The molecule has 0 spiro atoms. The third kappa shape index (κ3) is 2.63. The zero-order chi connectivity index (χ0) is 17.4. The minimum absolute atomic E-state index is 0.0690. The van der Waals surface area contributed by atoms with Crippen molar-refractivity contribution in [3.8, 4) is 0 Å². The van der Waals surface area contributed by atoms with E-state index in [1.807, 2.05) is 0 Å². The first-order chi connectivity index (χ1) is 11.4. The van der Waals surface area contributed by atoms with Crippen molar-refractivity contribution in [3.63, 3.8) is 0 Å². The van der Waals surface area contributed by atoms with Gasteiger partial charge >= 0.3 is 0 Å². The van der Waals surface area contributed by atoms with Crippen LogP contribution in [-0.2, 0) is 4.79 Å². The summed E-state index contributed by atoms with van der Waals surface area (Å²) in [6, 6.07) is 8.62. The van der Waals surface area contributed by atoms with Crippen LogP contribution in [0.1, 0.15) is 22.0 Å². The summed E-state index contributed by atoms with van der Waals surface area (Å²) in [5.41, 5.74) is 0.222. The van der Waals surface area contributed by atoms with Crippen LogP contribution in [0.3, 0.4) is 0 Å². The number of hydrogen-bond acceptors (Lipinski definition) is 5. The summed E-state index contributed by atoms with van der Waals surface area (Å²) in [4.78, 5) is 35.3. The summed E-state index contributed by atoms with van der Waals surface area (Å²) in [6.45, 7) is -0.221. The van der Waals surface area contributed by atoms with E-state index in [2.05, 4.69) is 0 Å². The molecular weight excluding hydrogens is 319 g/mol. The molecule has 3 rings (SSSR count). The molecule has 0 saturated carbocycles. The number of non-ortho nitro benzene ring substituents is 1. The number of nitrogens with zero attached hydrogens (tertiary/aromatic N) is 2. The van der Waals surface area contributed by atoms with Crippen molar-refractivity contribution in [1.29, 1.82) is 0 Å². The smallest absolute Gasteiger partial charge is 0.299 e. The van der Waals surface area contributed by atoms with E-state index < -0.39 is 28.5 Å². The van der Waals surface area contributed by atoms with Crippen molar-refractivity contribution in [2.24, 2.45) is 0 Å². The van der Waals surface area contributed by atoms with Crippen molar-refractivity contribution in [3.05, 3.63) is 69.5 Å². The summed E-state index contributed by atoms with van der Waals surface area (Å²) >= 11 is 0. The standard InChI is InChI=1S/C16H11FN2O5/c17-10-3-1-9(2-4-10)14(20)8-18-13-6-5-11(19(23)24)7-12(13)15(21)16(18)22/h1-7,14,20H,8H2/t14-/m0/s1. The molecule has 0 fully saturated rings. The Morgan fingerprint density at radius 1 is 1.17 bits per heavy atom. The first-order valence-corrected chi connectivity index (χ1v) is 6.96. The zero-order valence-electron chi connectivity index (χ0n) is 12.2. The number of aliphatic hydroxyl groups is 1. The molecule has 2 aromatic carbocycles. The number of benzene rings is 2. The highest BCUT2D eigenvalue weighted by Gasteiger charge is 2.38. The van der Waals surface area contributed by atoms with E-state index in [0.717, 1.165) is 11.0 Å². The van der Waals surface area contributed by atoms with Gasteiger partial charge in [0.2, 0.25) is 0 Å². The average Bonchev–Trinajstić information content (AvgIpc) is 2.80. The minimum atomic E-state index is -1.14. The Kier molecular flexibility index (Phi) is 3.82. The van der Waals surface area contributed by atoms with Crippen LogP contribution in [0, 0.1) is 15.9 Å². The quantitative estimate of drug-likeness (QED) is 0.525. The zero-order valence-corrected chi connectivity index (χ0v) is 12.2. The predicted molar refractivity (Wildman–Crippen MR) is 81.1 cm³/mol. The van der Waals surface area contributed by atoms with Crippen LogP contribution in [0.15, 0.2) is 42.5 Å². The first kappa shape index (κ1) is 15.8.